The van der Waals surface area contributed by atoms with Crippen LogP contribution in [0.5, 0.6) is 0 Å². The van der Waals surface area contributed by atoms with Crippen LogP contribution < -0.4 is 4.90 Å². The van der Waals surface area contributed by atoms with Gasteiger partial charge >= 0.3 is 0 Å². The van der Waals surface area contributed by atoms with Gasteiger partial charge in [0.25, 0.3) is 0 Å². The fourth-order valence-corrected chi connectivity index (χ4v) is 3.03. The van der Waals surface area contributed by atoms with Gasteiger partial charge in [-0.2, -0.15) is 4.98 Å². The Morgan fingerprint density at radius 1 is 1.29 bits per heavy atom. The van der Waals surface area contributed by atoms with Gasteiger partial charge in [0.15, 0.2) is 0 Å². The molecular formula is C16H15ClFN5O. The maximum atomic E-state index is 13.3. The molecule has 4 rings (SSSR count). The standard InChI is InChI=1S/C16H15ClFN5O/c1-10-8-24-5-4-22(10)15-7-14(17)20-16(21-15)23-9-19-12-6-11(18)2-3-13(12)23/h2-3,6-7,9-10H,4-5,8H2,1H3/t10-/m1/s1. The molecule has 24 heavy (non-hydrogen) atoms. The van der Waals surface area contributed by atoms with E-state index in [4.69, 9.17) is 16.3 Å². The van der Waals surface area contributed by atoms with Crippen LogP contribution >= 0.6 is 11.6 Å². The van der Waals surface area contributed by atoms with Crippen molar-refractivity contribution in [2.75, 3.05) is 24.7 Å². The van der Waals surface area contributed by atoms with E-state index in [2.05, 4.69) is 26.8 Å². The molecule has 0 N–H and O–H groups in total. The molecule has 124 valence electrons. The van der Waals surface area contributed by atoms with Gasteiger partial charge in [-0.1, -0.05) is 11.6 Å². The van der Waals surface area contributed by atoms with Crippen LogP contribution in [0.2, 0.25) is 5.15 Å². The van der Waals surface area contributed by atoms with Crippen LogP contribution in [0.15, 0.2) is 30.6 Å². The molecule has 0 radical (unpaired) electrons. The summed E-state index contributed by atoms with van der Waals surface area (Å²) in [6, 6.07) is 6.35. The Balaban J connectivity index is 1.80. The molecule has 0 amide bonds. The lowest BCUT2D eigenvalue weighted by atomic mass is 10.2. The first-order valence-electron chi connectivity index (χ1n) is 7.64. The fraction of sp³-hybridized carbons (Fsp3) is 0.312. The van der Waals surface area contributed by atoms with Crippen LogP contribution in [0.1, 0.15) is 6.92 Å². The molecule has 1 saturated heterocycles. The minimum absolute atomic E-state index is 0.200. The number of fused-ring (bicyclic) bond motifs is 1. The number of ether oxygens (including phenoxy) is 1. The third kappa shape index (κ3) is 2.70. The van der Waals surface area contributed by atoms with Crippen LogP contribution in [0.25, 0.3) is 17.0 Å². The molecule has 6 nitrogen and oxygen atoms in total. The number of hydrogen-bond acceptors (Lipinski definition) is 5. The monoisotopic (exact) mass is 347 g/mol. The zero-order valence-corrected chi connectivity index (χ0v) is 13.7. The molecular weight excluding hydrogens is 333 g/mol. The number of benzene rings is 1. The molecule has 8 heteroatoms. The van der Waals surface area contributed by atoms with Crippen molar-refractivity contribution < 1.29 is 9.13 Å². The van der Waals surface area contributed by atoms with Crippen molar-refractivity contribution in [3.05, 3.63) is 41.6 Å². The number of morpholine rings is 1. The van der Waals surface area contributed by atoms with E-state index in [0.29, 0.717) is 29.8 Å². The number of anilines is 1. The second-order valence-corrected chi connectivity index (χ2v) is 6.10. The van der Waals surface area contributed by atoms with Gasteiger partial charge < -0.3 is 9.64 Å². The number of hydrogen-bond donors (Lipinski definition) is 0. The van der Waals surface area contributed by atoms with Gasteiger partial charge in [-0.15, -0.1) is 0 Å². The Morgan fingerprint density at radius 3 is 3.00 bits per heavy atom. The second kappa shape index (κ2) is 5.99. The Hall–Kier alpha value is -2.25. The van der Waals surface area contributed by atoms with Crippen molar-refractivity contribution in [1.29, 1.82) is 0 Å². The van der Waals surface area contributed by atoms with Gasteiger partial charge in [-0.05, 0) is 19.1 Å². The minimum Gasteiger partial charge on any atom is -0.377 e. The second-order valence-electron chi connectivity index (χ2n) is 5.71. The molecule has 0 aliphatic carbocycles. The maximum absolute atomic E-state index is 13.3. The van der Waals surface area contributed by atoms with Crippen molar-refractivity contribution in [1.82, 2.24) is 19.5 Å². The van der Waals surface area contributed by atoms with Crippen LogP contribution in [0, 0.1) is 5.82 Å². The Kier molecular flexibility index (Phi) is 3.82. The molecule has 0 unspecified atom stereocenters. The lowest BCUT2D eigenvalue weighted by Crippen LogP contribution is -2.44. The van der Waals surface area contributed by atoms with E-state index in [-0.39, 0.29) is 11.9 Å². The topological polar surface area (TPSA) is 56.1 Å². The minimum atomic E-state index is -0.331. The van der Waals surface area contributed by atoms with E-state index in [1.807, 2.05) is 0 Å². The molecule has 1 fully saturated rings. The fourth-order valence-electron chi connectivity index (χ4n) is 2.86. The maximum Gasteiger partial charge on any atom is 0.238 e. The molecule has 1 aliphatic rings. The van der Waals surface area contributed by atoms with Gasteiger partial charge in [-0.3, -0.25) is 4.57 Å². The number of halogens is 2. The van der Waals surface area contributed by atoms with Gasteiger partial charge in [-0.25, -0.2) is 14.4 Å². The van der Waals surface area contributed by atoms with Crippen molar-refractivity contribution in [3.8, 4) is 5.95 Å². The summed E-state index contributed by atoms with van der Waals surface area (Å²) in [5.41, 5.74) is 1.26. The molecule has 1 aromatic carbocycles. The van der Waals surface area contributed by atoms with Crippen molar-refractivity contribution in [3.63, 3.8) is 0 Å². The first kappa shape index (κ1) is 15.3. The quantitative estimate of drug-likeness (QED) is 0.667. The summed E-state index contributed by atoms with van der Waals surface area (Å²) < 4.78 is 20.5. The van der Waals surface area contributed by atoms with Crippen molar-refractivity contribution >= 4 is 28.5 Å². The SMILES string of the molecule is C[C@@H]1COCCN1c1cc(Cl)nc(-n2cnc3cc(F)ccc32)n1. The van der Waals surface area contributed by atoms with Crippen molar-refractivity contribution in [2.45, 2.75) is 13.0 Å². The molecule has 3 heterocycles. The van der Waals surface area contributed by atoms with E-state index in [1.165, 1.54) is 12.1 Å². The van der Waals surface area contributed by atoms with Gasteiger partial charge in [0.2, 0.25) is 5.95 Å². The largest absolute Gasteiger partial charge is 0.377 e. The summed E-state index contributed by atoms with van der Waals surface area (Å²) in [6.07, 6.45) is 1.57. The number of nitrogens with zero attached hydrogens (tertiary/aromatic N) is 5. The molecule has 0 saturated carbocycles. The van der Waals surface area contributed by atoms with E-state index >= 15 is 0 Å². The summed E-state index contributed by atoms with van der Waals surface area (Å²) >= 11 is 6.21. The smallest absolute Gasteiger partial charge is 0.238 e. The van der Waals surface area contributed by atoms with Gasteiger partial charge in [0, 0.05) is 18.7 Å². The van der Waals surface area contributed by atoms with Crippen LogP contribution in [-0.4, -0.2) is 45.3 Å². The lowest BCUT2D eigenvalue weighted by molar-refractivity contribution is 0.0985. The number of rotatable bonds is 2. The predicted octanol–water partition coefficient (Wildman–Crippen LogP) is 2.83. The van der Waals surface area contributed by atoms with Crippen LogP contribution in [0.3, 0.4) is 0 Å². The highest BCUT2D eigenvalue weighted by Gasteiger charge is 2.22. The molecule has 1 atom stereocenters. The van der Waals surface area contributed by atoms with E-state index < -0.39 is 0 Å². The summed E-state index contributed by atoms with van der Waals surface area (Å²) in [5.74, 6) is 0.817. The lowest BCUT2D eigenvalue weighted by Gasteiger charge is -2.34. The normalized spacial score (nSPS) is 18.3. The third-order valence-electron chi connectivity index (χ3n) is 4.06. The summed E-state index contributed by atoms with van der Waals surface area (Å²) in [5, 5.41) is 0.345. The summed E-state index contributed by atoms with van der Waals surface area (Å²) in [6.45, 7) is 4.10. The summed E-state index contributed by atoms with van der Waals surface area (Å²) in [4.78, 5) is 15.3. The van der Waals surface area contributed by atoms with Gasteiger partial charge in [0.1, 0.15) is 23.1 Å². The van der Waals surface area contributed by atoms with E-state index in [9.17, 15) is 4.39 Å². The molecule has 2 aromatic heterocycles. The zero-order chi connectivity index (χ0) is 16.7. The number of imidazole rings is 1. The molecule has 3 aromatic rings. The van der Waals surface area contributed by atoms with Crippen LogP contribution in [-0.2, 0) is 4.74 Å². The zero-order valence-electron chi connectivity index (χ0n) is 13.0. The summed E-state index contributed by atoms with van der Waals surface area (Å²) in [7, 11) is 0. The first-order chi connectivity index (χ1) is 11.6. The highest BCUT2D eigenvalue weighted by Crippen LogP contribution is 2.23. The first-order valence-corrected chi connectivity index (χ1v) is 8.01. The highest BCUT2D eigenvalue weighted by atomic mass is 35.5. The molecule has 0 bridgehead atoms. The molecule has 0 spiro atoms. The Labute approximate surface area is 142 Å². The highest BCUT2D eigenvalue weighted by molar-refractivity contribution is 6.29. The predicted molar refractivity (Wildman–Crippen MR) is 89.3 cm³/mol. The number of aromatic nitrogens is 4. The van der Waals surface area contributed by atoms with E-state index in [1.54, 1.807) is 23.0 Å². The average molecular weight is 348 g/mol. The third-order valence-corrected chi connectivity index (χ3v) is 4.25. The average Bonchev–Trinajstić information content (AvgIpc) is 2.97. The van der Waals surface area contributed by atoms with Crippen LogP contribution in [0.4, 0.5) is 10.2 Å². The Morgan fingerprint density at radius 2 is 2.17 bits per heavy atom. The van der Waals surface area contributed by atoms with Crippen molar-refractivity contribution in [2.24, 2.45) is 0 Å². The van der Waals surface area contributed by atoms with E-state index in [0.717, 1.165) is 17.9 Å². The Bertz CT molecular complexity index is 899. The van der Waals surface area contributed by atoms with Gasteiger partial charge in [0.05, 0.1) is 30.3 Å². The molecule has 1 aliphatic heterocycles.